The Balaban J connectivity index is 1.64. The zero-order valence-electron chi connectivity index (χ0n) is 11.2. The molecule has 1 saturated heterocycles. The van der Waals surface area contributed by atoms with Crippen molar-refractivity contribution in [2.75, 3.05) is 13.2 Å². The van der Waals surface area contributed by atoms with Gasteiger partial charge in [0.15, 0.2) is 0 Å². The lowest BCUT2D eigenvalue weighted by molar-refractivity contribution is 0.0561. The highest BCUT2D eigenvalue weighted by Crippen LogP contribution is 2.35. The molecule has 0 radical (unpaired) electrons. The van der Waals surface area contributed by atoms with Crippen molar-refractivity contribution in [2.45, 2.75) is 18.5 Å². The minimum atomic E-state index is 0.389. The molecule has 2 bridgehead atoms. The van der Waals surface area contributed by atoms with E-state index >= 15 is 0 Å². The van der Waals surface area contributed by atoms with Crippen LogP contribution >= 0.6 is 11.3 Å². The molecule has 2 aliphatic heterocycles. The molecule has 1 aromatic heterocycles. The van der Waals surface area contributed by atoms with Crippen molar-refractivity contribution in [3.63, 3.8) is 0 Å². The summed E-state index contributed by atoms with van der Waals surface area (Å²) in [6.45, 7) is 1.64. The molecule has 0 saturated carbocycles. The summed E-state index contributed by atoms with van der Waals surface area (Å²) in [6, 6.07) is 16.0. The number of hydrogen-bond acceptors (Lipinski definition) is 3. The van der Waals surface area contributed by atoms with Crippen LogP contribution in [0.1, 0.15) is 11.3 Å². The summed E-state index contributed by atoms with van der Waals surface area (Å²) in [6.07, 6.45) is 3.42. The van der Waals surface area contributed by atoms with Crippen LogP contribution in [-0.4, -0.2) is 25.3 Å². The third-order valence-electron chi connectivity index (χ3n) is 3.92. The summed E-state index contributed by atoms with van der Waals surface area (Å²) in [5.41, 5.74) is 2.79. The van der Waals surface area contributed by atoms with Gasteiger partial charge in [-0.05, 0) is 29.7 Å². The molecule has 2 nitrogen and oxygen atoms in total. The lowest BCUT2D eigenvalue weighted by Gasteiger charge is -2.34. The third kappa shape index (κ3) is 2.33. The molecule has 2 aliphatic rings. The van der Waals surface area contributed by atoms with Crippen molar-refractivity contribution in [2.24, 2.45) is 0 Å². The van der Waals surface area contributed by atoms with Gasteiger partial charge in [-0.2, -0.15) is 0 Å². The van der Waals surface area contributed by atoms with E-state index in [1.807, 2.05) is 11.3 Å². The van der Waals surface area contributed by atoms with E-state index in [0.29, 0.717) is 12.1 Å². The predicted octanol–water partition coefficient (Wildman–Crippen LogP) is 3.56. The van der Waals surface area contributed by atoms with Crippen molar-refractivity contribution in [3.05, 3.63) is 53.4 Å². The molecule has 2 aromatic rings. The lowest BCUT2D eigenvalue weighted by Crippen LogP contribution is -2.50. The standard InChI is InChI=1S/C17H17NOS/c1-2-4-12(5-3-1)16-6-7-17(20-16)13-8-14-10-19-11-15(9-13)18-14/h1-8,14-15,18H,9-11H2. The van der Waals surface area contributed by atoms with Crippen LogP contribution in [-0.2, 0) is 4.74 Å². The Morgan fingerprint density at radius 2 is 1.85 bits per heavy atom. The lowest BCUT2D eigenvalue weighted by atomic mass is 9.96. The van der Waals surface area contributed by atoms with Gasteiger partial charge >= 0.3 is 0 Å². The molecule has 4 rings (SSSR count). The Kier molecular flexibility index (Phi) is 3.19. The first-order valence-corrected chi connectivity index (χ1v) is 7.90. The molecule has 1 N–H and O–H groups in total. The summed E-state index contributed by atoms with van der Waals surface area (Å²) in [5, 5.41) is 3.59. The number of fused-ring (bicyclic) bond motifs is 2. The topological polar surface area (TPSA) is 21.3 Å². The van der Waals surface area contributed by atoms with Crippen molar-refractivity contribution < 1.29 is 4.74 Å². The highest BCUT2D eigenvalue weighted by molar-refractivity contribution is 7.16. The summed E-state index contributed by atoms with van der Waals surface area (Å²) < 4.78 is 5.59. The van der Waals surface area contributed by atoms with E-state index in [1.54, 1.807) is 0 Å². The van der Waals surface area contributed by atoms with Crippen LogP contribution in [0.15, 0.2) is 48.5 Å². The van der Waals surface area contributed by atoms with Gasteiger partial charge in [-0.25, -0.2) is 0 Å². The van der Waals surface area contributed by atoms with Crippen LogP contribution in [0.2, 0.25) is 0 Å². The van der Waals surface area contributed by atoms with Crippen molar-refractivity contribution in [3.8, 4) is 10.4 Å². The molecule has 1 fully saturated rings. The van der Waals surface area contributed by atoms with Gasteiger partial charge in [-0.1, -0.05) is 36.4 Å². The first-order valence-electron chi connectivity index (χ1n) is 7.08. The molecule has 3 heterocycles. The number of morpholine rings is 1. The smallest absolute Gasteiger partial charge is 0.0656 e. The van der Waals surface area contributed by atoms with E-state index in [-0.39, 0.29) is 0 Å². The van der Waals surface area contributed by atoms with Gasteiger partial charge in [-0.15, -0.1) is 11.3 Å². The molecule has 0 aliphatic carbocycles. The fourth-order valence-electron chi connectivity index (χ4n) is 2.98. The van der Waals surface area contributed by atoms with Crippen LogP contribution in [0, 0.1) is 0 Å². The zero-order chi connectivity index (χ0) is 13.4. The van der Waals surface area contributed by atoms with Crippen molar-refractivity contribution in [1.29, 1.82) is 0 Å². The molecule has 0 spiro atoms. The Morgan fingerprint density at radius 1 is 1.00 bits per heavy atom. The number of rotatable bonds is 2. The van der Waals surface area contributed by atoms with Crippen LogP contribution < -0.4 is 5.32 Å². The van der Waals surface area contributed by atoms with E-state index in [4.69, 9.17) is 4.74 Å². The van der Waals surface area contributed by atoms with E-state index < -0.39 is 0 Å². The predicted molar refractivity (Wildman–Crippen MR) is 83.9 cm³/mol. The average molecular weight is 283 g/mol. The maximum absolute atomic E-state index is 5.59. The minimum absolute atomic E-state index is 0.389. The second-order valence-electron chi connectivity index (χ2n) is 5.43. The molecule has 2 unspecified atom stereocenters. The average Bonchev–Trinajstić information content (AvgIpc) is 2.97. The Bertz CT molecular complexity index is 631. The molecule has 2 atom stereocenters. The Morgan fingerprint density at radius 3 is 2.70 bits per heavy atom. The zero-order valence-corrected chi connectivity index (χ0v) is 12.0. The molecular formula is C17H17NOS. The fourth-order valence-corrected chi connectivity index (χ4v) is 4.02. The molecule has 20 heavy (non-hydrogen) atoms. The SMILES string of the molecule is C1=C(c2ccc(-c3ccccc3)s2)CC2COCC1N2. The monoisotopic (exact) mass is 283 g/mol. The molecule has 0 amide bonds. The van der Waals surface area contributed by atoms with Gasteiger partial charge in [0.25, 0.3) is 0 Å². The van der Waals surface area contributed by atoms with Gasteiger partial charge in [0.2, 0.25) is 0 Å². The van der Waals surface area contributed by atoms with Gasteiger partial charge in [0.1, 0.15) is 0 Å². The number of ether oxygens (including phenoxy) is 1. The number of benzene rings is 1. The van der Waals surface area contributed by atoms with Gasteiger partial charge in [0, 0.05) is 21.8 Å². The highest BCUT2D eigenvalue weighted by Gasteiger charge is 2.27. The Labute approximate surface area is 123 Å². The van der Waals surface area contributed by atoms with Crippen LogP contribution in [0.4, 0.5) is 0 Å². The highest BCUT2D eigenvalue weighted by atomic mass is 32.1. The van der Waals surface area contributed by atoms with Gasteiger partial charge in [-0.3, -0.25) is 0 Å². The summed E-state index contributed by atoms with van der Waals surface area (Å²) >= 11 is 1.89. The third-order valence-corrected chi connectivity index (χ3v) is 5.13. The number of nitrogens with one attached hydrogen (secondary N) is 1. The normalized spacial score (nSPS) is 25.3. The maximum atomic E-state index is 5.59. The van der Waals surface area contributed by atoms with Gasteiger partial charge in [0.05, 0.1) is 13.2 Å². The minimum Gasteiger partial charge on any atom is -0.378 e. The summed E-state index contributed by atoms with van der Waals surface area (Å²) in [7, 11) is 0. The largest absolute Gasteiger partial charge is 0.378 e. The maximum Gasteiger partial charge on any atom is 0.0656 e. The first kappa shape index (κ1) is 12.3. The summed E-state index contributed by atoms with van der Waals surface area (Å²) in [5.74, 6) is 0. The van der Waals surface area contributed by atoms with Crippen LogP contribution in [0.25, 0.3) is 16.0 Å². The number of hydrogen-bond donors (Lipinski definition) is 1. The quantitative estimate of drug-likeness (QED) is 0.910. The van der Waals surface area contributed by atoms with E-state index in [1.165, 1.54) is 20.9 Å². The molecule has 1 aromatic carbocycles. The fraction of sp³-hybridized carbons (Fsp3) is 0.294. The van der Waals surface area contributed by atoms with E-state index in [2.05, 4.69) is 53.9 Å². The van der Waals surface area contributed by atoms with Gasteiger partial charge < -0.3 is 10.1 Å². The molecular weight excluding hydrogens is 266 g/mol. The number of thiophene rings is 1. The first-order chi connectivity index (χ1) is 9.88. The van der Waals surface area contributed by atoms with Crippen molar-refractivity contribution >= 4 is 16.9 Å². The molecule has 102 valence electrons. The Hall–Kier alpha value is -1.42. The summed E-state index contributed by atoms with van der Waals surface area (Å²) in [4.78, 5) is 2.75. The molecule has 3 heteroatoms. The second-order valence-corrected chi connectivity index (χ2v) is 6.52. The van der Waals surface area contributed by atoms with E-state index in [9.17, 15) is 0 Å². The van der Waals surface area contributed by atoms with Crippen LogP contribution in [0.5, 0.6) is 0 Å². The van der Waals surface area contributed by atoms with E-state index in [0.717, 1.165) is 19.6 Å². The second kappa shape index (κ2) is 5.17. The van der Waals surface area contributed by atoms with Crippen molar-refractivity contribution in [1.82, 2.24) is 5.32 Å². The van der Waals surface area contributed by atoms with Crippen LogP contribution in [0.3, 0.4) is 0 Å².